The third-order valence-corrected chi connectivity index (χ3v) is 7.06. The summed E-state index contributed by atoms with van der Waals surface area (Å²) >= 11 is 0. The highest BCUT2D eigenvalue weighted by atomic mass is 16.2. The molecule has 2 heterocycles. The van der Waals surface area contributed by atoms with Crippen molar-refractivity contribution >= 4 is 5.91 Å². The van der Waals surface area contributed by atoms with Crippen molar-refractivity contribution in [2.75, 3.05) is 13.1 Å². The third kappa shape index (κ3) is 2.84. The number of piperidine rings is 1. The van der Waals surface area contributed by atoms with Crippen molar-refractivity contribution in [1.82, 2.24) is 14.9 Å². The number of aryl methyl sites for hydroxylation is 1. The molecule has 1 spiro atoms. The minimum absolute atomic E-state index is 0.0370. The number of amides is 1. The second-order valence-corrected chi connectivity index (χ2v) is 8.91. The highest BCUT2D eigenvalue weighted by molar-refractivity contribution is 5.86. The maximum atomic E-state index is 13.2. The molecule has 5 heteroatoms. The van der Waals surface area contributed by atoms with Crippen LogP contribution in [0.15, 0.2) is 36.5 Å². The largest absolute Gasteiger partial charge is 0.340 e. The zero-order chi connectivity index (χ0) is 19.2. The fraction of sp³-hybridized carbons (Fsp3) is 0.522. The molecular formula is C23H28N4O. The molecule has 0 radical (unpaired) electrons. The zero-order valence-electron chi connectivity index (χ0n) is 16.4. The van der Waals surface area contributed by atoms with Gasteiger partial charge in [0.15, 0.2) is 5.82 Å². The molecule has 1 aromatic carbocycles. The van der Waals surface area contributed by atoms with Gasteiger partial charge in [0.05, 0.1) is 11.2 Å². The molecule has 146 valence electrons. The number of hydrogen-bond donors (Lipinski definition) is 1. The monoisotopic (exact) mass is 376 g/mol. The molecular weight excluding hydrogens is 348 g/mol. The Hall–Kier alpha value is -2.27. The molecule has 1 atom stereocenters. The normalized spacial score (nSPS) is 25.8. The maximum Gasteiger partial charge on any atom is 0.242 e. The lowest BCUT2D eigenvalue weighted by molar-refractivity contribution is -0.139. The zero-order valence-corrected chi connectivity index (χ0v) is 16.4. The van der Waals surface area contributed by atoms with Gasteiger partial charge in [-0.1, -0.05) is 43.2 Å². The quantitative estimate of drug-likeness (QED) is 0.873. The van der Waals surface area contributed by atoms with Crippen LogP contribution in [-0.2, 0) is 16.6 Å². The predicted octanol–water partition coefficient (Wildman–Crippen LogP) is 3.22. The first-order chi connectivity index (χ1) is 13.6. The summed E-state index contributed by atoms with van der Waals surface area (Å²) in [5.74, 6) is 0.949. The highest BCUT2D eigenvalue weighted by Gasteiger charge is 2.48. The Morgan fingerprint density at radius 3 is 2.61 bits per heavy atom. The van der Waals surface area contributed by atoms with Crippen LogP contribution in [0.5, 0.6) is 0 Å². The summed E-state index contributed by atoms with van der Waals surface area (Å²) in [4.78, 5) is 24.9. The van der Waals surface area contributed by atoms with Gasteiger partial charge >= 0.3 is 0 Å². The van der Waals surface area contributed by atoms with Gasteiger partial charge in [0.1, 0.15) is 0 Å². The molecule has 1 saturated carbocycles. The topological polar surface area (TPSA) is 72.1 Å². The van der Waals surface area contributed by atoms with Crippen LogP contribution in [0.25, 0.3) is 11.4 Å². The van der Waals surface area contributed by atoms with Gasteiger partial charge in [-0.25, -0.2) is 9.97 Å². The lowest BCUT2D eigenvalue weighted by atomic mass is 9.77. The number of carbonyl (C=O) groups excluding carboxylic acids is 1. The fourth-order valence-corrected chi connectivity index (χ4v) is 5.50. The lowest BCUT2D eigenvalue weighted by Crippen LogP contribution is -2.58. The third-order valence-electron chi connectivity index (χ3n) is 7.06. The van der Waals surface area contributed by atoms with Gasteiger partial charge < -0.3 is 10.6 Å². The fourth-order valence-electron chi connectivity index (χ4n) is 5.50. The summed E-state index contributed by atoms with van der Waals surface area (Å²) in [6.07, 6.45) is 9.95. The highest BCUT2D eigenvalue weighted by Crippen LogP contribution is 2.45. The molecule has 2 N–H and O–H groups in total. The minimum Gasteiger partial charge on any atom is -0.340 e. The Morgan fingerprint density at radius 1 is 1.04 bits per heavy atom. The second kappa shape index (κ2) is 6.66. The smallest absolute Gasteiger partial charge is 0.242 e. The Labute approximate surface area is 166 Å². The minimum atomic E-state index is -0.638. The first-order valence-corrected chi connectivity index (χ1v) is 10.6. The molecule has 1 amide bonds. The van der Waals surface area contributed by atoms with Crippen molar-refractivity contribution < 1.29 is 4.79 Å². The number of nitrogens with two attached hydrogens (primary N) is 1. The van der Waals surface area contributed by atoms with Crippen LogP contribution in [0.3, 0.4) is 0 Å². The molecule has 28 heavy (non-hydrogen) atoms. The van der Waals surface area contributed by atoms with E-state index in [1.54, 1.807) is 0 Å². The van der Waals surface area contributed by atoms with Crippen LogP contribution in [0, 0.1) is 0 Å². The molecule has 1 saturated heterocycles. The number of likely N-dealkylation sites (tertiary alicyclic amines) is 1. The van der Waals surface area contributed by atoms with Gasteiger partial charge in [0.2, 0.25) is 5.91 Å². The second-order valence-electron chi connectivity index (χ2n) is 8.91. The van der Waals surface area contributed by atoms with E-state index >= 15 is 0 Å². The standard InChI is InChI=1S/C23H28N4O/c24-23(11-4-5-12-23)21(28)27-14-6-10-22(16-27)13-9-18-15-25-20(26-19(18)22)17-7-2-1-3-8-17/h1-3,7-8,15H,4-6,9-14,16,24H2. The van der Waals surface area contributed by atoms with Crippen molar-refractivity contribution in [2.45, 2.75) is 62.3 Å². The van der Waals surface area contributed by atoms with E-state index in [2.05, 4.69) is 17.1 Å². The number of carbonyl (C=O) groups is 1. The van der Waals surface area contributed by atoms with E-state index in [0.29, 0.717) is 0 Å². The van der Waals surface area contributed by atoms with Crippen LogP contribution in [0.4, 0.5) is 0 Å². The van der Waals surface area contributed by atoms with Crippen molar-refractivity contribution in [3.8, 4) is 11.4 Å². The Bertz CT molecular complexity index is 887. The number of hydrogen-bond acceptors (Lipinski definition) is 4. The van der Waals surface area contributed by atoms with E-state index in [0.717, 1.165) is 81.5 Å². The average molecular weight is 377 g/mol. The van der Waals surface area contributed by atoms with Gasteiger partial charge in [-0.2, -0.15) is 0 Å². The summed E-state index contributed by atoms with van der Waals surface area (Å²) in [6, 6.07) is 10.2. The first kappa shape index (κ1) is 17.8. The van der Waals surface area contributed by atoms with Crippen LogP contribution >= 0.6 is 0 Å². The maximum absolute atomic E-state index is 13.2. The number of rotatable bonds is 2. The van der Waals surface area contributed by atoms with E-state index in [1.807, 2.05) is 29.3 Å². The predicted molar refractivity (Wildman–Crippen MR) is 109 cm³/mol. The lowest BCUT2D eigenvalue weighted by Gasteiger charge is -2.43. The molecule has 1 aromatic heterocycles. The van der Waals surface area contributed by atoms with Gasteiger partial charge in [-0.3, -0.25) is 4.79 Å². The summed E-state index contributed by atoms with van der Waals surface area (Å²) in [6.45, 7) is 1.58. The molecule has 5 rings (SSSR count). The molecule has 2 aromatic rings. The van der Waals surface area contributed by atoms with Gasteiger partial charge in [-0.15, -0.1) is 0 Å². The molecule has 1 unspecified atom stereocenters. The van der Waals surface area contributed by atoms with E-state index in [9.17, 15) is 4.79 Å². The van der Waals surface area contributed by atoms with Crippen LogP contribution < -0.4 is 5.73 Å². The van der Waals surface area contributed by atoms with Crippen molar-refractivity contribution in [3.63, 3.8) is 0 Å². The Morgan fingerprint density at radius 2 is 1.82 bits per heavy atom. The number of aromatic nitrogens is 2. The molecule has 5 nitrogen and oxygen atoms in total. The van der Waals surface area contributed by atoms with E-state index in [4.69, 9.17) is 10.7 Å². The van der Waals surface area contributed by atoms with Crippen molar-refractivity contribution in [2.24, 2.45) is 5.73 Å². The summed E-state index contributed by atoms with van der Waals surface area (Å²) in [7, 11) is 0. The van der Waals surface area contributed by atoms with Crippen LogP contribution in [-0.4, -0.2) is 39.4 Å². The number of benzene rings is 1. The van der Waals surface area contributed by atoms with Crippen LogP contribution in [0.1, 0.15) is 56.2 Å². The number of fused-ring (bicyclic) bond motifs is 2. The van der Waals surface area contributed by atoms with Gasteiger partial charge in [-0.05, 0) is 44.1 Å². The molecule has 2 aliphatic carbocycles. The molecule has 2 fully saturated rings. The molecule has 1 aliphatic heterocycles. The van der Waals surface area contributed by atoms with Crippen molar-refractivity contribution in [3.05, 3.63) is 47.8 Å². The van der Waals surface area contributed by atoms with E-state index in [-0.39, 0.29) is 11.3 Å². The SMILES string of the molecule is NC1(C(=O)N2CCCC3(CCc4cnc(-c5ccccc5)nc43)C2)CCCC1. The van der Waals surface area contributed by atoms with E-state index < -0.39 is 5.54 Å². The Kier molecular flexibility index (Phi) is 4.23. The first-order valence-electron chi connectivity index (χ1n) is 10.6. The Balaban J connectivity index is 1.46. The summed E-state index contributed by atoms with van der Waals surface area (Å²) < 4.78 is 0. The number of nitrogens with zero attached hydrogens (tertiary/aromatic N) is 3. The van der Waals surface area contributed by atoms with Crippen molar-refractivity contribution in [1.29, 1.82) is 0 Å². The van der Waals surface area contributed by atoms with Gasteiger partial charge in [0.25, 0.3) is 0 Å². The van der Waals surface area contributed by atoms with Crippen LogP contribution in [0.2, 0.25) is 0 Å². The summed E-state index contributed by atoms with van der Waals surface area (Å²) in [5, 5.41) is 0. The molecule has 0 bridgehead atoms. The molecule has 3 aliphatic rings. The average Bonchev–Trinajstić information content (AvgIpc) is 3.33. The summed E-state index contributed by atoms with van der Waals surface area (Å²) in [5.41, 5.74) is 9.28. The van der Waals surface area contributed by atoms with E-state index in [1.165, 1.54) is 5.56 Å². The van der Waals surface area contributed by atoms with Gasteiger partial charge in [0, 0.05) is 30.3 Å².